The lowest BCUT2D eigenvalue weighted by Gasteiger charge is -2.37. The summed E-state index contributed by atoms with van der Waals surface area (Å²) in [6.45, 7) is 4.72. The Morgan fingerprint density at radius 3 is 2.62 bits per heavy atom. The first-order chi connectivity index (χ1) is 10.3. The van der Waals surface area contributed by atoms with E-state index in [4.69, 9.17) is 0 Å². The number of rotatable bonds is 4. The summed E-state index contributed by atoms with van der Waals surface area (Å²) in [6.07, 6.45) is 8.31. The van der Waals surface area contributed by atoms with Gasteiger partial charge in [-0.2, -0.15) is 0 Å². The average Bonchev–Trinajstić information content (AvgIpc) is 2.55. The Bertz CT molecular complexity index is 449. The van der Waals surface area contributed by atoms with Crippen molar-refractivity contribution in [1.82, 2.24) is 4.90 Å². The Morgan fingerprint density at radius 2 is 1.86 bits per heavy atom. The molecule has 1 N–H and O–H groups in total. The monoisotopic (exact) mass is 286 g/mol. The number of benzene rings is 1. The van der Waals surface area contributed by atoms with Crippen LogP contribution in [0.25, 0.3) is 0 Å². The van der Waals surface area contributed by atoms with Crippen LogP contribution in [0.1, 0.15) is 44.6 Å². The quantitative estimate of drug-likeness (QED) is 0.893. The highest BCUT2D eigenvalue weighted by Gasteiger charge is 2.26. The number of hydrogen-bond acceptors (Lipinski definition) is 2. The van der Waals surface area contributed by atoms with Crippen LogP contribution < -0.4 is 5.32 Å². The lowest BCUT2D eigenvalue weighted by Crippen LogP contribution is -2.41. The van der Waals surface area contributed by atoms with Crippen molar-refractivity contribution in [3.8, 4) is 0 Å². The highest BCUT2D eigenvalue weighted by molar-refractivity contribution is 5.53. The third-order valence-electron chi connectivity index (χ3n) is 5.67. The average molecular weight is 286 g/mol. The van der Waals surface area contributed by atoms with Crippen molar-refractivity contribution in [1.29, 1.82) is 0 Å². The van der Waals surface area contributed by atoms with Gasteiger partial charge in [0.25, 0.3) is 0 Å². The molecule has 1 unspecified atom stereocenters. The number of nitrogens with zero attached hydrogens (tertiary/aromatic N) is 1. The summed E-state index contributed by atoms with van der Waals surface area (Å²) in [5.74, 6) is 1.76. The van der Waals surface area contributed by atoms with Gasteiger partial charge in [0.2, 0.25) is 0 Å². The topological polar surface area (TPSA) is 15.3 Å². The van der Waals surface area contributed by atoms with Crippen LogP contribution in [0.3, 0.4) is 0 Å². The molecule has 1 aromatic carbocycles. The lowest BCUT2D eigenvalue weighted by atomic mass is 9.83. The molecule has 3 rings (SSSR count). The van der Waals surface area contributed by atoms with E-state index in [0.717, 1.165) is 24.4 Å². The van der Waals surface area contributed by atoms with Gasteiger partial charge >= 0.3 is 0 Å². The molecule has 2 nitrogen and oxygen atoms in total. The molecule has 1 atom stereocenters. The second kappa shape index (κ2) is 6.83. The van der Waals surface area contributed by atoms with Crippen molar-refractivity contribution in [3.63, 3.8) is 0 Å². The van der Waals surface area contributed by atoms with Gasteiger partial charge in [-0.1, -0.05) is 31.5 Å². The van der Waals surface area contributed by atoms with E-state index in [1.165, 1.54) is 56.3 Å². The zero-order valence-corrected chi connectivity index (χ0v) is 13.6. The molecule has 1 aliphatic carbocycles. The van der Waals surface area contributed by atoms with Crippen molar-refractivity contribution in [2.75, 3.05) is 25.5 Å². The molecule has 1 aliphatic heterocycles. The summed E-state index contributed by atoms with van der Waals surface area (Å²) < 4.78 is 0. The van der Waals surface area contributed by atoms with Crippen LogP contribution in [0.15, 0.2) is 24.3 Å². The highest BCUT2D eigenvalue weighted by Crippen LogP contribution is 2.30. The number of nitrogens with one attached hydrogen (secondary N) is 1. The fourth-order valence-electron chi connectivity index (χ4n) is 4.19. The van der Waals surface area contributed by atoms with Crippen LogP contribution in [0, 0.1) is 11.8 Å². The van der Waals surface area contributed by atoms with Crippen LogP contribution >= 0.6 is 0 Å². The first-order valence-corrected chi connectivity index (χ1v) is 8.78. The minimum atomic E-state index is 0.758. The standard InChI is InChI=1S/C19H30N2/c1-3-15-8-10-18(11-9-15)21(2)14-16-12-17-6-4-5-7-19(17)20-13-16/h4-7,15-16,18,20H,3,8-14H2,1-2H3. The van der Waals surface area contributed by atoms with E-state index in [2.05, 4.69) is 48.5 Å². The molecule has 0 amide bonds. The van der Waals surface area contributed by atoms with E-state index in [1.54, 1.807) is 0 Å². The summed E-state index contributed by atoms with van der Waals surface area (Å²) >= 11 is 0. The smallest absolute Gasteiger partial charge is 0.0372 e. The van der Waals surface area contributed by atoms with E-state index in [1.807, 2.05) is 0 Å². The second-order valence-electron chi connectivity index (χ2n) is 7.13. The van der Waals surface area contributed by atoms with E-state index in [0.29, 0.717) is 0 Å². The molecule has 0 bridgehead atoms. The maximum atomic E-state index is 3.61. The molecule has 0 saturated heterocycles. The molecule has 21 heavy (non-hydrogen) atoms. The molecular weight excluding hydrogens is 256 g/mol. The van der Waals surface area contributed by atoms with Gasteiger partial charge in [-0.3, -0.25) is 0 Å². The fraction of sp³-hybridized carbons (Fsp3) is 0.684. The van der Waals surface area contributed by atoms with Crippen molar-refractivity contribution < 1.29 is 0 Å². The van der Waals surface area contributed by atoms with Crippen molar-refractivity contribution in [2.45, 2.75) is 51.5 Å². The predicted molar refractivity (Wildman–Crippen MR) is 90.8 cm³/mol. The predicted octanol–water partition coefficient (Wildman–Crippen LogP) is 4.17. The Balaban J connectivity index is 1.51. The van der Waals surface area contributed by atoms with Crippen molar-refractivity contribution in [3.05, 3.63) is 29.8 Å². The Hall–Kier alpha value is -1.02. The van der Waals surface area contributed by atoms with Gasteiger partial charge in [0, 0.05) is 24.8 Å². The molecule has 0 radical (unpaired) electrons. The van der Waals surface area contributed by atoms with E-state index in [-0.39, 0.29) is 0 Å². The SMILES string of the molecule is CCC1CCC(N(C)CC2CNc3ccccc3C2)CC1. The zero-order valence-electron chi connectivity index (χ0n) is 13.6. The molecular formula is C19H30N2. The van der Waals surface area contributed by atoms with Crippen LogP contribution in [-0.4, -0.2) is 31.1 Å². The number of fused-ring (bicyclic) bond motifs is 1. The van der Waals surface area contributed by atoms with Gasteiger partial charge in [-0.15, -0.1) is 0 Å². The molecule has 2 heteroatoms. The Kier molecular flexibility index (Phi) is 4.84. The van der Waals surface area contributed by atoms with Crippen molar-refractivity contribution in [2.24, 2.45) is 11.8 Å². The molecule has 2 aliphatic rings. The lowest BCUT2D eigenvalue weighted by molar-refractivity contribution is 0.145. The maximum absolute atomic E-state index is 3.61. The number of anilines is 1. The highest BCUT2D eigenvalue weighted by atomic mass is 15.1. The molecule has 0 aromatic heterocycles. The van der Waals surface area contributed by atoms with E-state index >= 15 is 0 Å². The van der Waals surface area contributed by atoms with Gasteiger partial charge in [0.15, 0.2) is 0 Å². The van der Waals surface area contributed by atoms with Crippen molar-refractivity contribution >= 4 is 5.69 Å². The summed E-state index contributed by atoms with van der Waals surface area (Å²) in [7, 11) is 2.34. The largest absolute Gasteiger partial charge is 0.384 e. The van der Waals surface area contributed by atoms with E-state index < -0.39 is 0 Å². The summed E-state index contributed by atoms with van der Waals surface area (Å²) in [5.41, 5.74) is 2.84. The minimum Gasteiger partial charge on any atom is -0.384 e. The molecule has 0 spiro atoms. The van der Waals surface area contributed by atoms with Crippen LogP contribution in [0.5, 0.6) is 0 Å². The van der Waals surface area contributed by atoms with Gasteiger partial charge in [-0.25, -0.2) is 0 Å². The molecule has 1 aromatic rings. The van der Waals surface area contributed by atoms with Gasteiger partial charge in [-0.05, 0) is 62.6 Å². The van der Waals surface area contributed by atoms with Gasteiger partial charge in [0.1, 0.15) is 0 Å². The van der Waals surface area contributed by atoms with Crippen LogP contribution in [0.4, 0.5) is 5.69 Å². The maximum Gasteiger partial charge on any atom is 0.0372 e. The summed E-state index contributed by atoms with van der Waals surface area (Å²) in [4.78, 5) is 2.64. The fourth-order valence-corrected chi connectivity index (χ4v) is 4.19. The molecule has 1 saturated carbocycles. The second-order valence-corrected chi connectivity index (χ2v) is 7.13. The summed E-state index contributed by atoms with van der Waals surface area (Å²) in [5, 5.41) is 3.61. The zero-order chi connectivity index (χ0) is 14.7. The van der Waals surface area contributed by atoms with Crippen LogP contribution in [0.2, 0.25) is 0 Å². The Morgan fingerprint density at radius 1 is 1.10 bits per heavy atom. The minimum absolute atomic E-state index is 0.758. The first-order valence-electron chi connectivity index (χ1n) is 8.78. The third kappa shape index (κ3) is 3.60. The van der Waals surface area contributed by atoms with Gasteiger partial charge in [0.05, 0.1) is 0 Å². The summed E-state index contributed by atoms with van der Waals surface area (Å²) in [6, 6.07) is 9.61. The molecule has 116 valence electrons. The first kappa shape index (κ1) is 14.9. The normalized spacial score (nSPS) is 29.0. The Labute approximate surface area is 129 Å². The third-order valence-corrected chi connectivity index (χ3v) is 5.67. The molecule has 1 heterocycles. The van der Waals surface area contributed by atoms with Gasteiger partial charge < -0.3 is 10.2 Å². The molecule has 1 fully saturated rings. The number of hydrogen-bond donors (Lipinski definition) is 1. The van der Waals surface area contributed by atoms with Crippen LogP contribution in [-0.2, 0) is 6.42 Å². The van der Waals surface area contributed by atoms with E-state index in [9.17, 15) is 0 Å². The number of para-hydroxylation sites is 1.